The molecule has 2 aromatic carbocycles. The number of aryl methyl sites for hydroxylation is 1. The maximum absolute atomic E-state index is 12.4. The average molecular weight is 434 g/mol. The van der Waals surface area contributed by atoms with Gasteiger partial charge in [0.05, 0.1) is 32.4 Å². The fourth-order valence-electron chi connectivity index (χ4n) is 2.83. The van der Waals surface area contributed by atoms with Crippen molar-refractivity contribution in [2.75, 3.05) is 31.3 Å². The molecule has 0 heterocycles. The summed E-state index contributed by atoms with van der Waals surface area (Å²) in [5, 5.41) is 3.97. The van der Waals surface area contributed by atoms with E-state index in [1.54, 1.807) is 18.3 Å². The number of carbonyl (C=O) groups is 1. The summed E-state index contributed by atoms with van der Waals surface area (Å²) in [5.41, 5.74) is 6.87. The van der Waals surface area contributed by atoms with Gasteiger partial charge >= 0.3 is 0 Å². The second kappa shape index (κ2) is 9.62. The fraction of sp³-hybridized carbons (Fsp3) is 0.333. The lowest BCUT2D eigenvalue weighted by molar-refractivity contribution is -0.119. The Morgan fingerprint density at radius 2 is 1.80 bits per heavy atom. The Morgan fingerprint density at radius 1 is 1.10 bits per heavy atom. The van der Waals surface area contributed by atoms with Gasteiger partial charge in [0.15, 0.2) is 0 Å². The number of anilines is 1. The number of hydrogen-bond donors (Lipinski definition) is 1. The van der Waals surface area contributed by atoms with Gasteiger partial charge in [-0.1, -0.05) is 12.1 Å². The van der Waals surface area contributed by atoms with Crippen LogP contribution in [-0.4, -0.2) is 47.6 Å². The Morgan fingerprint density at radius 3 is 2.40 bits per heavy atom. The Kier molecular flexibility index (Phi) is 7.44. The van der Waals surface area contributed by atoms with Crippen molar-refractivity contribution >= 4 is 27.8 Å². The Balaban J connectivity index is 2.20. The standard InChI is InChI=1S/C21H27N3O5S/c1-14-7-8-17(16(3)15(14)2)12-22-23-21(25)13-24(30(6,26)27)19-10-9-18(28-4)11-20(19)29-5/h7-12H,13H2,1-6H3,(H,23,25)/b22-12-. The van der Waals surface area contributed by atoms with Gasteiger partial charge in [-0.3, -0.25) is 9.10 Å². The minimum Gasteiger partial charge on any atom is -0.497 e. The average Bonchev–Trinajstić information content (AvgIpc) is 2.70. The van der Waals surface area contributed by atoms with Gasteiger partial charge in [0.1, 0.15) is 18.0 Å². The summed E-state index contributed by atoms with van der Waals surface area (Å²) < 4.78 is 36.0. The molecule has 30 heavy (non-hydrogen) atoms. The third-order valence-electron chi connectivity index (χ3n) is 4.84. The van der Waals surface area contributed by atoms with Gasteiger partial charge in [-0.05, 0) is 55.2 Å². The van der Waals surface area contributed by atoms with Crippen LogP contribution >= 0.6 is 0 Å². The number of carbonyl (C=O) groups excluding carboxylic acids is 1. The van der Waals surface area contributed by atoms with Crippen LogP contribution in [0.2, 0.25) is 0 Å². The van der Waals surface area contributed by atoms with E-state index in [2.05, 4.69) is 10.5 Å². The molecule has 2 rings (SSSR count). The van der Waals surface area contributed by atoms with Crippen LogP contribution in [0.4, 0.5) is 5.69 Å². The van der Waals surface area contributed by atoms with Crippen LogP contribution in [0.1, 0.15) is 22.3 Å². The highest BCUT2D eigenvalue weighted by molar-refractivity contribution is 7.92. The van der Waals surface area contributed by atoms with Crippen LogP contribution in [0.15, 0.2) is 35.4 Å². The molecular formula is C21H27N3O5S. The largest absolute Gasteiger partial charge is 0.497 e. The molecule has 2 aromatic rings. The lowest BCUT2D eigenvalue weighted by Gasteiger charge is -2.23. The highest BCUT2D eigenvalue weighted by Crippen LogP contribution is 2.33. The Hall–Kier alpha value is -3.07. The number of nitrogens with one attached hydrogen (secondary N) is 1. The predicted molar refractivity (Wildman–Crippen MR) is 118 cm³/mol. The number of methoxy groups -OCH3 is 2. The van der Waals surface area contributed by atoms with Crippen LogP contribution in [0.5, 0.6) is 11.5 Å². The molecule has 0 aliphatic rings. The van der Waals surface area contributed by atoms with Gasteiger partial charge in [-0.2, -0.15) is 5.10 Å². The van der Waals surface area contributed by atoms with E-state index in [4.69, 9.17) is 9.47 Å². The highest BCUT2D eigenvalue weighted by Gasteiger charge is 2.24. The SMILES string of the molecule is COc1ccc(N(CC(=O)N/N=C\c2ccc(C)c(C)c2C)S(C)(=O)=O)c(OC)c1. The van der Waals surface area contributed by atoms with Crippen molar-refractivity contribution in [2.45, 2.75) is 20.8 Å². The molecule has 0 radical (unpaired) electrons. The summed E-state index contributed by atoms with van der Waals surface area (Å²) in [4.78, 5) is 12.4. The molecule has 162 valence electrons. The molecule has 1 amide bonds. The summed E-state index contributed by atoms with van der Waals surface area (Å²) in [7, 11) is -0.856. The second-order valence-corrected chi connectivity index (χ2v) is 8.73. The maximum Gasteiger partial charge on any atom is 0.260 e. The van der Waals surface area contributed by atoms with Gasteiger partial charge in [-0.15, -0.1) is 0 Å². The van der Waals surface area contributed by atoms with Crippen molar-refractivity contribution in [3.8, 4) is 11.5 Å². The summed E-state index contributed by atoms with van der Waals surface area (Å²) >= 11 is 0. The van der Waals surface area contributed by atoms with E-state index >= 15 is 0 Å². The normalized spacial score (nSPS) is 11.4. The van der Waals surface area contributed by atoms with Crippen LogP contribution in [-0.2, 0) is 14.8 Å². The fourth-order valence-corrected chi connectivity index (χ4v) is 3.69. The van der Waals surface area contributed by atoms with Gasteiger partial charge in [0.2, 0.25) is 10.0 Å². The minimum atomic E-state index is -3.76. The lowest BCUT2D eigenvalue weighted by atomic mass is 10.00. The first-order valence-electron chi connectivity index (χ1n) is 9.17. The first-order chi connectivity index (χ1) is 14.1. The molecule has 8 nitrogen and oxygen atoms in total. The van der Waals surface area contributed by atoms with E-state index in [1.807, 2.05) is 32.9 Å². The monoisotopic (exact) mass is 433 g/mol. The van der Waals surface area contributed by atoms with E-state index in [-0.39, 0.29) is 11.4 Å². The van der Waals surface area contributed by atoms with Crippen LogP contribution in [0, 0.1) is 20.8 Å². The van der Waals surface area contributed by atoms with Crippen molar-refractivity contribution in [3.05, 3.63) is 52.6 Å². The first kappa shape index (κ1) is 23.2. The molecule has 0 aliphatic heterocycles. The number of hydrogen-bond acceptors (Lipinski definition) is 6. The Labute approximate surface area is 177 Å². The van der Waals surface area contributed by atoms with E-state index < -0.39 is 22.5 Å². The maximum atomic E-state index is 12.4. The molecular weight excluding hydrogens is 406 g/mol. The lowest BCUT2D eigenvalue weighted by Crippen LogP contribution is -2.39. The molecule has 0 spiro atoms. The predicted octanol–water partition coefficient (Wildman–Crippen LogP) is 2.55. The summed E-state index contributed by atoms with van der Waals surface area (Å²) in [6.45, 7) is 5.57. The van der Waals surface area contributed by atoms with Crippen LogP contribution < -0.4 is 19.2 Å². The summed E-state index contributed by atoms with van der Waals surface area (Å²) in [5.74, 6) is 0.180. The highest BCUT2D eigenvalue weighted by atomic mass is 32.2. The van der Waals surface area contributed by atoms with Crippen LogP contribution in [0.3, 0.4) is 0 Å². The number of sulfonamides is 1. The Bertz CT molecular complexity index is 1060. The van der Waals surface area contributed by atoms with Gasteiger partial charge in [0.25, 0.3) is 5.91 Å². The zero-order chi connectivity index (χ0) is 22.5. The molecule has 0 saturated heterocycles. The molecule has 0 aliphatic carbocycles. The van der Waals surface area contributed by atoms with Crippen molar-refractivity contribution in [1.29, 1.82) is 0 Å². The smallest absolute Gasteiger partial charge is 0.260 e. The minimum absolute atomic E-state index is 0.227. The number of hydrazone groups is 1. The van der Waals surface area contributed by atoms with Crippen molar-refractivity contribution in [1.82, 2.24) is 5.43 Å². The topological polar surface area (TPSA) is 97.3 Å². The molecule has 9 heteroatoms. The van der Waals surface area contributed by atoms with E-state index in [0.717, 1.165) is 27.3 Å². The quantitative estimate of drug-likeness (QED) is 0.510. The van der Waals surface area contributed by atoms with Crippen LogP contribution in [0.25, 0.3) is 0 Å². The molecule has 0 bridgehead atoms. The third-order valence-corrected chi connectivity index (χ3v) is 5.96. The van der Waals surface area contributed by atoms with Crippen molar-refractivity contribution < 1.29 is 22.7 Å². The molecule has 0 aromatic heterocycles. The molecule has 0 unspecified atom stereocenters. The molecule has 0 saturated carbocycles. The second-order valence-electron chi connectivity index (χ2n) is 6.82. The number of nitrogens with zero attached hydrogens (tertiary/aromatic N) is 2. The molecule has 0 atom stereocenters. The summed E-state index contributed by atoms with van der Waals surface area (Å²) in [6, 6.07) is 8.56. The zero-order valence-electron chi connectivity index (χ0n) is 18.0. The number of benzene rings is 2. The van der Waals surface area contributed by atoms with E-state index in [9.17, 15) is 13.2 Å². The molecule has 0 fully saturated rings. The number of rotatable bonds is 8. The zero-order valence-corrected chi connectivity index (χ0v) is 18.8. The van der Waals surface area contributed by atoms with Gasteiger partial charge < -0.3 is 9.47 Å². The van der Waals surface area contributed by atoms with Gasteiger partial charge in [-0.25, -0.2) is 13.8 Å². The number of amides is 1. The summed E-state index contributed by atoms with van der Waals surface area (Å²) in [6.07, 6.45) is 2.56. The first-order valence-corrected chi connectivity index (χ1v) is 11.0. The molecule has 1 N–H and O–H groups in total. The number of ether oxygens (including phenoxy) is 2. The van der Waals surface area contributed by atoms with Crippen molar-refractivity contribution in [3.63, 3.8) is 0 Å². The van der Waals surface area contributed by atoms with Gasteiger partial charge in [0, 0.05) is 6.07 Å². The van der Waals surface area contributed by atoms with Crippen molar-refractivity contribution in [2.24, 2.45) is 5.10 Å². The van der Waals surface area contributed by atoms with E-state index in [1.165, 1.54) is 25.8 Å². The third kappa shape index (κ3) is 5.50. The van der Waals surface area contributed by atoms with E-state index in [0.29, 0.717) is 5.75 Å².